The Morgan fingerprint density at radius 3 is 2.21 bits per heavy atom. The van der Waals surface area contributed by atoms with Gasteiger partial charge in [-0.1, -0.05) is 0 Å². The summed E-state index contributed by atoms with van der Waals surface area (Å²) in [7, 11) is 3.34. The highest BCUT2D eigenvalue weighted by molar-refractivity contribution is 5.97. The number of methoxy groups -OCH3 is 1. The van der Waals surface area contributed by atoms with Crippen molar-refractivity contribution in [2.45, 2.75) is 25.0 Å². The number of benzene rings is 1. The van der Waals surface area contributed by atoms with Gasteiger partial charge in [0, 0.05) is 25.5 Å². The average Bonchev–Trinajstić information content (AvgIpc) is 2.84. The van der Waals surface area contributed by atoms with Gasteiger partial charge < -0.3 is 20.5 Å². The molecule has 1 aromatic rings. The van der Waals surface area contributed by atoms with Crippen molar-refractivity contribution in [2.24, 2.45) is 5.92 Å². The van der Waals surface area contributed by atoms with Gasteiger partial charge in [0.2, 0.25) is 5.91 Å². The lowest BCUT2D eigenvalue weighted by Gasteiger charge is -2.10. The van der Waals surface area contributed by atoms with Gasteiger partial charge >= 0.3 is 0 Å². The maximum absolute atomic E-state index is 12.2. The van der Waals surface area contributed by atoms with Crippen LogP contribution in [0, 0.1) is 5.92 Å². The van der Waals surface area contributed by atoms with Crippen LogP contribution in [0.3, 0.4) is 0 Å². The molecule has 3 N–H and O–H groups in total. The second-order valence-electron chi connectivity index (χ2n) is 5.21. The Hall–Kier alpha value is -1.59. The number of rotatable bonds is 4. The number of nitrogens with one attached hydrogen (secondary N) is 2. The fraction of sp³-hybridized carbons (Fsp3) is 0.500. The van der Waals surface area contributed by atoms with Crippen LogP contribution in [0.25, 0.3) is 0 Å². The van der Waals surface area contributed by atoms with E-state index in [9.17, 15) is 9.90 Å². The zero-order chi connectivity index (χ0) is 14.3. The number of amides is 1. The Bertz CT molecular complexity index is 484. The van der Waals surface area contributed by atoms with Gasteiger partial charge in [-0.15, -0.1) is 0 Å². The third-order valence-electron chi connectivity index (χ3n) is 4.16. The highest BCUT2D eigenvalue weighted by atomic mass is 16.5. The third kappa shape index (κ3) is 2.09. The molecule has 3 unspecified atom stereocenters. The summed E-state index contributed by atoms with van der Waals surface area (Å²) >= 11 is 0. The van der Waals surface area contributed by atoms with Gasteiger partial charge in [0.25, 0.3) is 0 Å². The number of carbonyl (C=O) groups is 1. The van der Waals surface area contributed by atoms with Crippen LogP contribution >= 0.6 is 0 Å². The van der Waals surface area contributed by atoms with Crippen LogP contribution in [0.5, 0.6) is 0 Å². The summed E-state index contributed by atoms with van der Waals surface area (Å²) in [6, 6.07) is 7.36. The predicted molar refractivity (Wildman–Crippen MR) is 74.1 cm³/mol. The van der Waals surface area contributed by atoms with Gasteiger partial charge in [-0.25, -0.2) is 0 Å². The molecule has 0 aromatic heterocycles. The van der Waals surface area contributed by atoms with Crippen LogP contribution in [0.15, 0.2) is 24.3 Å². The molecule has 1 aliphatic carbocycles. The molecule has 0 saturated heterocycles. The molecule has 1 amide bonds. The molecular formula is C14H20N2O3. The highest BCUT2D eigenvalue weighted by Gasteiger charge is 2.75. The number of hydrogen-bond acceptors (Lipinski definition) is 4. The SMILES string of the molecule is CNc1ccc(NC(=O)C2C(C)(O)C2(C)OC)cc1. The maximum Gasteiger partial charge on any atom is 0.233 e. The van der Waals surface area contributed by atoms with Gasteiger partial charge in [0.1, 0.15) is 17.1 Å². The first-order chi connectivity index (χ1) is 8.86. The van der Waals surface area contributed by atoms with Gasteiger partial charge in [0.15, 0.2) is 0 Å². The smallest absolute Gasteiger partial charge is 0.233 e. The second-order valence-corrected chi connectivity index (χ2v) is 5.21. The number of ether oxygens (including phenoxy) is 1. The van der Waals surface area contributed by atoms with Crippen molar-refractivity contribution in [3.05, 3.63) is 24.3 Å². The monoisotopic (exact) mass is 264 g/mol. The van der Waals surface area contributed by atoms with Crippen molar-refractivity contribution >= 4 is 17.3 Å². The molecule has 1 aromatic carbocycles. The zero-order valence-electron chi connectivity index (χ0n) is 11.7. The summed E-state index contributed by atoms with van der Waals surface area (Å²) < 4.78 is 5.25. The van der Waals surface area contributed by atoms with Crippen molar-refractivity contribution in [3.8, 4) is 0 Å². The first-order valence-electron chi connectivity index (χ1n) is 6.23. The highest BCUT2D eigenvalue weighted by Crippen LogP contribution is 2.56. The average molecular weight is 264 g/mol. The Balaban J connectivity index is 2.06. The van der Waals surface area contributed by atoms with Gasteiger partial charge in [-0.3, -0.25) is 4.79 Å². The number of carbonyl (C=O) groups excluding carboxylic acids is 1. The topological polar surface area (TPSA) is 70.6 Å². The first kappa shape index (κ1) is 13.8. The van der Waals surface area contributed by atoms with Crippen molar-refractivity contribution in [3.63, 3.8) is 0 Å². The molecular weight excluding hydrogens is 244 g/mol. The molecule has 0 radical (unpaired) electrons. The van der Waals surface area contributed by atoms with E-state index in [1.807, 2.05) is 31.3 Å². The summed E-state index contributed by atoms with van der Waals surface area (Å²) in [6.45, 7) is 3.35. The molecule has 5 nitrogen and oxygen atoms in total. The molecule has 0 bridgehead atoms. The molecule has 5 heteroatoms. The summed E-state index contributed by atoms with van der Waals surface area (Å²) in [5.74, 6) is -0.791. The van der Waals surface area contributed by atoms with Gasteiger partial charge in [-0.05, 0) is 38.1 Å². The molecule has 1 aliphatic rings. The normalized spacial score (nSPS) is 32.8. The summed E-state index contributed by atoms with van der Waals surface area (Å²) in [4.78, 5) is 12.2. The van der Waals surface area contributed by atoms with Crippen LogP contribution in [0.2, 0.25) is 0 Å². The van der Waals surface area contributed by atoms with E-state index in [-0.39, 0.29) is 5.91 Å². The first-order valence-corrected chi connectivity index (χ1v) is 6.23. The molecule has 3 atom stereocenters. The van der Waals surface area contributed by atoms with Crippen molar-refractivity contribution < 1.29 is 14.6 Å². The quantitative estimate of drug-likeness (QED) is 0.770. The lowest BCUT2D eigenvalue weighted by molar-refractivity contribution is -0.119. The van der Waals surface area contributed by atoms with E-state index in [0.29, 0.717) is 5.69 Å². The fourth-order valence-electron chi connectivity index (χ4n) is 2.51. The lowest BCUT2D eigenvalue weighted by atomic mass is 10.2. The minimum absolute atomic E-state index is 0.230. The Kier molecular flexibility index (Phi) is 3.28. The van der Waals surface area contributed by atoms with E-state index in [2.05, 4.69) is 10.6 Å². The van der Waals surface area contributed by atoms with E-state index in [4.69, 9.17) is 4.74 Å². The molecule has 1 saturated carbocycles. The Labute approximate surface area is 113 Å². The minimum Gasteiger partial charge on any atom is -0.388 e. The molecule has 19 heavy (non-hydrogen) atoms. The van der Waals surface area contributed by atoms with Crippen LogP contribution < -0.4 is 10.6 Å². The number of anilines is 2. The number of aliphatic hydroxyl groups is 1. The molecule has 1 fully saturated rings. The van der Waals surface area contributed by atoms with Crippen LogP contribution in [0.1, 0.15) is 13.8 Å². The molecule has 104 valence electrons. The van der Waals surface area contributed by atoms with Crippen LogP contribution in [-0.4, -0.2) is 36.4 Å². The summed E-state index contributed by atoms with van der Waals surface area (Å²) in [5.41, 5.74) is -0.276. The maximum atomic E-state index is 12.2. The summed E-state index contributed by atoms with van der Waals surface area (Å²) in [6.07, 6.45) is 0. The van der Waals surface area contributed by atoms with Crippen LogP contribution in [0.4, 0.5) is 11.4 Å². The van der Waals surface area contributed by atoms with E-state index in [0.717, 1.165) is 5.69 Å². The van der Waals surface area contributed by atoms with E-state index < -0.39 is 17.1 Å². The largest absolute Gasteiger partial charge is 0.388 e. The van der Waals surface area contributed by atoms with E-state index >= 15 is 0 Å². The standard InChI is InChI=1S/C14H20N2O3/c1-13(18)11(14(13,2)19-4)12(17)16-10-7-5-9(15-3)6-8-10/h5-8,11,15,18H,1-4H3,(H,16,17). The van der Waals surface area contributed by atoms with E-state index in [1.54, 1.807) is 13.8 Å². The van der Waals surface area contributed by atoms with Crippen molar-refractivity contribution in [1.82, 2.24) is 0 Å². The molecule has 2 rings (SSSR count). The third-order valence-corrected chi connectivity index (χ3v) is 4.16. The zero-order valence-corrected chi connectivity index (χ0v) is 11.7. The predicted octanol–water partition coefficient (Wildman–Crippen LogP) is 1.45. The molecule has 0 spiro atoms. The van der Waals surface area contributed by atoms with Crippen LogP contribution in [-0.2, 0) is 9.53 Å². The molecule has 0 aliphatic heterocycles. The van der Waals surface area contributed by atoms with Crippen molar-refractivity contribution in [2.75, 3.05) is 24.8 Å². The second kappa shape index (κ2) is 4.51. The molecule has 0 heterocycles. The minimum atomic E-state index is -1.13. The lowest BCUT2D eigenvalue weighted by Crippen LogP contribution is -2.21. The van der Waals surface area contributed by atoms with E-state index in [1.165, 1.54) is 7.11 Å². The Morgan fingerprint density at radius 2 is 1.79 bits per heavy atom. The van der Waals surface area contributed by atoms with Gasteiger partial charge in [0.05, 0.1) is 0 Å². The van der Waals surface area contributed by atoms with Gasteiger partial charge in [-0.2, -0.15) is 0 Å². The summed E-state index contributed by atoms with van der Waals surface area (Å²) in [5, 5.41) is 15.9. The van der Waals surface area contributed by atoms with Crippen molar-refractivity contribution in [1.29, 1.82) is 0 Å². The fourth-order valence-corrected chi connectivity index (χ4v) is 2.51. The number of hydrogen-bond donors (Lipinski definition) is 3. The Morgan fingerprint density at radius 1 is 1.26 bits per heavy atom.